The third-order valence-corrected chi connectivity index (χ3v) is 3.68. The van der Waals surface area contributed by atoms with Crippen LogP contribution in [0.5, 0.6) is 0 Å². The second-order valence-electron chi connectivity index (χ2n) is 4.32. The Hall–Kier alpha value is -0.940. The van der Waals surface area contributed by atoms with Crippen molar-refractivity contribution in [2.24, 2.45) is 0 Å². The van der Waals surface area contributed by atoms with E-state index in [-0.39, 0.29) is 23.6 Å². The third-order valence-electron chi connectivity index (χ3n) is 3.02. The first kappa shape index (κ1) is 13.5. The summed E-state index contributed by atoms with van der Waals surface area (Å²) >= 11 is 3.19. The minimum Gasteiger partial charge on any atom is -0.378 e. The first-order chi connectivity index (χ1) is 8.61. The first-order valence-corrected chi connectivity index (χ1v) is 6.77. The van der Waals surface area contributed by atoms with Crippen molar-refractivity contribution in [3.05, 3.63) is 34.1 Å². The van der Waals surface area contributed by atoms with Gasteiger partial charge < -0.3 is 10.1 Å². The molecule has 0 radical (unpaired) electrons. The largest absolute Gasteiger partial charge is 0.378 e. The van der Waals surface area contributed by atoms with Crippen LogP contribution in [0, 0.1) is 5.82 Å². The van der Waals surface area contributed by atoms with Gasteiger partial charge in [0, 0.05) is 17.1 Å². The molecule has 1 aliphatic carbocycles. The summed E-state index contributed by atoms with van der Waals surface area (Å²) in [6.07, 6.45) is 1.82. The molecule has 0 unspecified atom stereocenters. The van der Waals surface area contributed by atoms with E-state index in [1.807, 2.05) is 6.92 Å². The van der Waals surface area contributed by atoms with E-state index in [1.54, 1.807) is 12.1 Å². The van der Waals surface area contributed by atoms with E-state index in [0.29, 0.717) is 11.1 Å². The van der Waals surface area contributed by atoms with Crippen LogP contribution in [0.25, 0.3) is 0 Å². The summed E-state index contributed by atoms with van der Waals surface area (Å²) in [5.74, 6) is -0.887. The van der Waals surface area contributed by atoms with E-state index >= 15 is 0 Å². The Bertz CT molecular complexity index is 426. The Balaban J connectivity index is 1.93. The van der Waals surface area contributed by atoms with Crippen LogP contribution >= 0.6 is 15.9 Å². The molecule has 0 aromatic heterocycles. The second kappa shape index (κ2) is 5.80. The predicted molar refractivity (Wildman–Crippen MR) is 70.0 cm³/mol. The van der Waals surface area contributed by atoms with Gasteiger partial charge in [-0.3, -0.25) is 4.79 Å². The highest BCUT2D eigenvalue weighted by Crippen LogP contribution is 2.25. The number of rotatable bonds is 4. The lowest BCUT2D eigenvalue weighted by Crippen LogP contribution is -2.48. The van der Waals surface area contributed by atoms with Crippen LogP contribution in [0.3, 0.4) is 0 Å². The molecule has 0 bridgehead atoms. The Labute approximate surface area is 114 Å². The number of nitrogens with one attached hydrogen (secondary N) is 1. The van der Waals surface area contributed by atoms with Gasteiger partial charge in [-0.2, -0.15) is 0 Å². The zero-order valence-corrected chi connectivity index (χ0v) is 11.7. The van der Waals surface area contributed by atoms with Crippen LogP contribution in [0.1, 0.15) is 30.1 Å². The SMILES string of the molecule is CCOC1CC(NC(=O)c2c(F)cccc2Br)C1. The lowest BCUT2D eigenvalue weighted by Gasteiger charge is -2.35. The summed E-state index contributed by atoms with van der Waals surface area (Å²) in [5.41, 5.74) is 0.0670. The zero-order chi connectivity index (χ0) is 13.1. The fourth-order valence-electron chi connectivity index (χ4n) is 2.03. The molecular weight excluding hydrogens is 301 g/mol. The van der Waals surface area contributed by atoms with Crippen LogP contribution in [-0.4, -0.2) is 24.7 Å². The molecule has 1 fully saturated rings. The Morgan fingerprint density at radius 1 is 1.56 bits per heavy atom. The molecular formula is C13H15BrFNO2. The van der Waals surface area contributed by atoms with E-state index in [9.17, 15) is 9.18 Å². The van der Waals surface area contributed by atoms with Crippen LogP contribution in [0.15, 0.2) is 22.7 Å². The molecule has 3 nitrogen and oxygen atoms in total. The van der Waals surface area contributed by atoms with Crippen molar-refractivity contribution < 1.29 is 13.9 Å². The number of hydrogen-bond acceptors (Lipinski definition) is 2. The number of carbonyl (C=O) groups excluding carboxylic acids is 1. The minimum atomic E-state index is -0.512. The number of hydrogen-bond donors (Lipinski definition) is 1. The predicted octanol–water partition coefficient (Wildman–Crippen LogP) is 2.89. The van der Waals surface area contributed by atoms with Gasteiger partial charge in [-0.05, 0) is 47.8 Å². The van der Waals surface area contributed by atoms with Gasteiger partial charge in [-0.15, -0.1) is 0 Å². The molecule has 1 aliphatic rings. The summed E-state index contributed by atoms with van der Waals surface area (Å²) in [5, 5.41) is 2.81. The highest BCUT2D eigenvalue weighted by molar-refractivity contribution is 9.10. The molecule has 1 N–H and O–H groups in total. The first-order valence-electron chi connectivity index (χ1n) is 5.98. The number of halogens is 2. The number of carbonyl (C=O) groups is 1. The van der Waals surface area contributed by atoms with Crippen molar-refractivity contribution in [3.63, 3.8) is 0 Å². The minimum absolute atomic E-state index is 0.0670. The molecule has 0 atom stereocenters. The Morgan fingerprint density at radius 3 is 2.89 bits per heavy atom. The Morgan fingerprint density at radius 2 is 2.28 bits per heavy atom. The van der Waals surface area contributed by atoms with E-state index in [4.69, 9.17) is 4.74 Å². The molecule has 5 heteroatoms. The maximum absolute atomic E-state index is 13.6. The van der Waals surface area contributed by atoms with Crippen molar-refractivity contribution in [1.82, 2.24) is 5.32 Å². The van der Waals surface area contributed by atoms with Crippen molar-refractivity contribution in [1.29, 1.82) is 0 Å². The smallest absolute Gasteiger partial charge is 0.255 e. The second-order valence-corrected chi connectivity index (χ2v) is 5.17. The van der Waals surface area contributed by atoms with Crippen LogP contribution in [0.4, 0.5) is 4.39 Å². The summed E-state index contributed by atoms with van der Waals surface area (Å²) in [6, 6.07) is 4.58. The highest BCUT2D eigenvalue weighted by Gasteiger charge is 2.31. The van der Waals surface area contributed by atoms with Crippen LogP contribution in [0.2, 0.25) is 0 Å². The normalized spacial score (nSPS) is 22.4. The van der Waals surface area contributed by atoms with Crippen molar-refractivity contribution >= 4 is 21.8 Å². The molecule has 0 saturated heterocycles. The summed E-state index contributed by atoms with van der Waals surface area (Å²) in [7, 11) is 0. The van der Waals surface area contributed by atoms with Gasteiger partial charge in [-0.25, -0.2) is 4.39 Å². The number of benzene rings is 1. The topological polar surface area (TPSA) is 38.3 Å². The average molecular weight is 316 g/mol. The quantitative estimate of drug-likeness (QED) is 0.927. The van der Waals surface area contributed by atoms with Gasteiger partial charge >= 0.3 is 0 Å². The van der Waals surface area contributed by atoms with Gasteiger partial charge in [0.25, 0.3) is 5.91 Å². The van der Waals surface area contributed by atoms with E-state index in [2.05, 4.69) is 21.2 Å². The van der Waals surface area contributed by atoms with Crippen molar-refractivity contribution in [2.75, 3.05) is 6.61 Å². The van der Waals surface area contributed by atoms with Crippen LogP contribution in [-0.2, 0) is 4.74 Å². The van der Waals surface area contributed by atoms with Crippen molar-refractivity contribution in [3.8, 4) is 0 Å². The standard InChI is InChI=1S/C13H15BrFNO2/c1-2-18-9-6-8(7-9)16-13(17)12-10(14)4-3-5-11(12)15/h3-5,8-9H,2,6-7H2,1H3,(H,16,17). The molecule has 0 aliphatic heterocycles. The molecule has 1 aromatic rings. The fourth-order valence-corrected chi connectivity index (χ4v) is 2.55. The summed E-state index contributed by atoms with van der Waals surface area (Å²) < 4.78 is 19.4. The zero-order valence-electron chi connectivity index (χ0n) is 10.1. The molecule has 0 spiro atoms. The molecule has 1 saturated carbocycles. The van der Waals surface area contributed by atoms with Gasteiger partial charge in [0.2, 0.25) is 0 Å². The fraction of sp³-hybridized carbons (Fsp3) is 0.462. The van der Waals surface area contributed by atoms with Gasteiger partial charge in [0.15, 0.2) is 0 Å². The maximum Gasteiger partial charge on any atom is 0.255 e. The summed E-state index contributed by atoms with van der Waals surface area (Å²) in [4.78, 5) is 11.9. The van der Waals surface area contributed by atoms with E-state index in [1.165, 1.54) is 6.07 Å². The van der Waals surface area contributed by atoms with Gasteiger partial charge in [-0.1, -0.05) is 6.07 Å². The lowest BCUT2D eigenvalue weighted by atomic mass is 9.89. The third kappa shape index (κ3) is 2.90. The molecule has 1 aromatic carbocycles. The molecule has 1 amide bonds. The summed E-state index contributed by atoms with van der Waals surface area (Å²) in [6.45, 7) is 2.63. The van der Waals surface area contributed by atoms with E-state index < -0.39 is 5.82 Å². The molecule has 0 heterocycles. The average Bonchev–Trinajstić information content (AvgIpc) is 2.26. The lowest BCUT2D eigenvalue weighted by molar-refractivity contribution is -0.00866. The van der Waals surface area contributed by atoms with E-state index in [0.717, 1.165) is 12.8 Å². The highest BCUT2D eigenvalue weighted by atomic mass is 79.9. The molecule has 98 valence electrons. The van der Waals surface area contributed by atoms with Gasteiger partial charge in [0.1, 0.15) is 5.82 Å². The maximum atomic E-state index is 13.6. The number of ether oxygens (including phenoxy) is 1. The van der Waals surface area contributed by atoms with Crippen LogP contribution < -0.4 is 5.32 Å². The molecule has 18 heavy (non-hydrogen) atoms. The molecule has 2 rings (SSSR count). The monoisotopic (exact) mass is 315 g/mol. The van der Waals surface area contributed by atoms with Crippen molar-refractivity contribution in [2.45, 2.75) is 31.9 Å². The number of amides is 1. The van der Waals surface area contributed by atoms with Gasteiger partial charge in [0.05, 0.1) is 11.7 Å². The Kier molecular flexibility index (Phi) is 4.35.